The van der Waals surface area contributed by atoms with Gasteiger partial charge in [0.25, 0.3) is 0 Å². The van der Waals surface area contributed by atoms with E-state index in [-0.39, 0.29) is 18.0 Å². The van der Waals surface area contributed by atoms with Crippen molar-refractivity contribution in [3.8, 4) is 0 Å². The van der Waals surface area contributed by atoms with Crippen LogP contribution in [0.25, 0.3) is 5.53 Å². The van der Waals surface area contributed by atoms with Gasteiger partial charge in [-0.3, -0.25) is 4.79 Å². The van der Waals surface area contributed by atoms with Crippen LogP contribution in [0.5, 0.6) is 0 Å². The van der Waals surface area contributed by atoms with Crippen molar-refractivity contribution in [2.45, 2.75) is 39.8 Å². The third-order valence-corrected chi connectivity index (χ3v) is 1.54. The lowest BCUT2D eigenvalue weighted by molar-refractivity contribution is -0.130. The Kier molecular flexibility index (Phi) is 4.22. The number of hydrogen-bond acceptors (Lipinski definition) is 1. The molecular weight excluding hydrogens is 154 g/mol. The van der Waals surface area contributed by atoms with E-state index in [9.17, 15) is 4.79 Å². The van der Waals surface area contributed by atoms with Crippen molar-refractivity contribution in [2.24, 2.45) is 0 Å². The minimum Gasteiger partial charge on any atom is -0.361 e. The zero-order chi connectivity index (χ0) is 9.72. The molecule has 0 aromatic heterocycles. The Morgan fingerprint density at radius 1 is 1.33 bits per heavy atom. The SMILES string of the molecule is CC(C)N(C(=O)C=[N+]=[N-])C(C)C. The van der Waals surface area contributed by atoms with E-state index in [1.165, 1.54) is 0 Å². The third-order valence-electron chi connectivity index (χ3n) is 1.54. The second-order valence-corrected chi connectivity index (χ2v) is 3.18. The monoisotopic (exact) mass is 169 g/mol. The minimum atomic E-state index is -0.262. The molecule has 0 bridgehead atoms. The van der Waals surface area contributed by atoms with Crippen molar-refractivity contribution < 1.29 is 9.58 Å². The fourth-order valence-electron chi connectivity index (χ4n) is 1.22. The highest BCUT2D eigenvalue weighted by molar-refractivity contribution is 6.23. The topological polar surface area (TPSA) is 56.7 Å². The fourth-order valence-corrected chi connectivity index (χ4v) is 1.22. The molecule has 0 aliphatic rings. The molecule has 0 saturated heterocycles. The molecule has 0 rings (SSSR count). The molecule has 0 aliphatic carbocycles. The molecule has 0 spiro atoms. The smallest absolute Gasteiger partial charge is 0.344 e. The highest BCUT2D eigenvalue weighted by Gasteiger charge is 2.20. The van der Waals surface area contributed by atoms with E-state index in [1.54, 1.807) is 4.90 Å². The number of nitrogens with zero attached hydrogens (tertiary/aromatic N) is 3. The lowest BCUT2D eigenvalue weighted by Crippen LogP contribution is -2.42. The average Bonchev–Trinajstić information content (AvgIpc) is 1.85. The van der Waals surface area contributed by atoms with Gasteiger partial charge in [0.2, 0.25) is 0 Å². The van der Waals surface area contributed by atoms with Gasteiger partial charge in [-0.2, -0.15) is 4.79 Å². The summed E-state index contributed by atoms with van der Waals surface area (Å²) < 4.78 is 0. The fraction of sp³-hybridized carbons (Fsp3) is 0.750. The van der Waals surface area contributed by atoms with Crippen molar-refractivity contribution in [3.63, 3.8) is 0 Å². The van der Waals surface area contributed by atoms with E-state index < -0.39 is 0 Å². The summed E-state index contributed by atoms with van der Waals surface area (Å²) in [4.78, 5) is 15.6. The molecule has 0 heterocycles. The van der Waals surface area contributed by atoms with Crippen molar-refractivity contribution in [1.82, 2.24) is 4.90 Å². The molecule has 0 fully saturated rings. The third kappa shape index (κ3) is 2.84. The van der Waals surface area contributed by atoms with E-state index in [0.29, 0.717) is 0 Å². The van der Waals surface area contributed by atoms with Crippen LogP contribution in [0.4, 0.5) is 0 Å². The van der Waals surface area contributed by atoms with Crippen LogP contribution in [-0.2, 0) is 4.79 Å². The number of carbonyl (C=O) groups is 1. The number of hydrogen-bond donors (Lipinski definition) is 0. The van der Waals surface area contributed by atoms with E-state index in [1.807, 2.05) is 27.7 Å². The van der Waals surface area contributed by atoms with Crippen LogP contribution < -0.4 is 0 Å². The number of carbonyl (C=O) groups excluding carboxylic acids is 1. The van der Waals surface area contributed by atoms with Crippen LogP contribution in [0, 0.1) is 0 Å². The lowest BCUT2D eigenvalue weighted by Gasteiger charge is -2.27. The van der Waals surface area contributed by atoms with Gasteiger partial charge in [0.1, 0.15) is 0 Å². The summed E-state index contributed by atoms with van der Waals surface area (Å²) in [6, 6.07) is 0.242. The highest BCUT2D eigenvalue weighted by Crippen LogP contribution is 2.03. The Morgan fingerprint density at radius 2 is 1.75 bits per heavy atom. The predicted molar refractivity (Wildman–Crippen MR) is 46.8 cm³/mol. The predicted octanol–water partition coefficient (Wildman–Crippen LogP) is 0.932. The summed E-state index contributed by atoms with van der Waals surface area (Å²) in [6.45, 7) is 7.68. The van der Waals surface area contributed by atoms with Crippen LogP contribution >= 0.6 is 0 Å². The van der Waals surface area contributed by atoms with Gasteiger partial charge in [0.15, 0.2) is 0 Å². The van der Waals surface area contributed by atoms with Gasteiger partial charge in [0.05, 0.1) is 0 Å². The molecule has 12 heavy (non-hydrogen) atoms. The zero-order valence-corrected chi connectivity index (χ0v) is 7.98. The van der Waals surface area contributed by atoms with E-state index in [4.69, 9.17) is 5.53 Å². The lowest BCUT2D eigenvalue weighted by atomic mass is 10.2. The Labute approximate surface area is 72.8 Å². The van der Waals surface area contributed by atoms with Gasteiger partial charge in [-0.15, -0.1) is 0 Å². The molecule has 1 amide bonds. The van der Waals surface area contributed by atoms with Gasteiger partial charge >= 0.3 is 12.1 Å². The first-order valence-electron chi connectivity index (χ1n) is 4.00. The Balaban J connectivity index is 4.51. The van der Waals surface area contributed by atoms with Crippen molar-refractivity contribution in [2.75, 3.05) is 0 Å². The zero-order valence-electron chi connectivity index (χ0n) is 7.98. The van der Waals surface area contributed by atoms with Crippen LogP contribution in [0.3, 0.4) is 0 Å². The van der Waals surface area contributed by atoms with Gasteiger partial charge in [0, 0.05) is 12.1 Å². The highest BCUT2D eigenvalue weighted by atomic mass is 16.2. The number of rotatable bonds is 3. The average molecular weight is 169 g/mol. The first-order chi connectivity index (χ1) is 5.50. The van der Waals surface area contributed by atoms with Gasteiger partial charge in [-0.25, -0.2) is 0 Å². The minimum absolute atomic E-state index is 0.121. The summed E-state index contributed by atoms with van der Waals surface area (Å²) >= 11 is 0. The summed E-state index contributed by atoms with van der Waals surface area (Å²) in [6.07, 6.45) is 0.917. The first-order valence-corrected chi connectivity index (χ1v) is 4.00. The molecule has 0 saturated carbocycles. The largest absolute Gasteiger partial charge is 0.361 e. The Morgan fingerprint density at radius 3 is 2.00 bits per heavy atom. The quantitative estimate of drug-likeness (QED) is 0.352. The molecule has 0 aromatic carbocycles. The molecule has 0 N–H and O–H groups in total. The van der Waals surface area contributed by atoms with Gasteiger partial charge in [-0.1, -0.05) is 0 Å². The molecular formula is C8H15N3O. The summed E-state index contributed by atoms with van der Waals surface area (Å²) in [5, 5.41) is 0. The van der Waals surface area contributed by atoms with Crippen molar-refractivity contribution in [3.05, 3.63) is 5.53 Å². The maximum Gasteiger partial charge on any atom is 0.344 e. The molecule has 0 aromatic rings. The van der Waals surface area contributed by atoms with E-state index in [2.05, 4.69) is 4.79 Å². The van der Waals surface area contributed by atoms with Crippen LogP contribution in [0.15, 0.2) is 0 Å². The molecule has 0 atom stereocenters. The second kappa shape index (κ2) is 4.67. The Bertz CT molecular complexity index is 196. The van der Waals surface area contributed by atoms with E-state index >= 15 is 0 Å². The standard InChI is InChI=1S/C8H15N3O/c1-6(2)11(7(3)4)8(12)5-10-9/h5-7H,1-4H3. The summed E-state index contributed by atoms with van der Waals surface area (Å²) in [5.74, 6) is -0.262. The normalized spacial score (nSPS) is 9.83. The molecule has 4 nitrogen and oxygen atoms in total. The summed E-state index contributed by atoms with van der Waals surface area (Å²) in [7, 11) is 0. The molecule has 4 heteroatoms. The number of amides is 1. The van der Waals surface area contributed by atoms with Gasteiger partial charge < -0.3 is 10.4 Å². The molecule has 0 unspecified atom stereocenters. The van der Waals surface area contributed by atoms with Crippen LogP contribution in [0.1, 0.15) is 27.7 Å². The maximum absolute atomic E-state index is 11.2. The molecule has 0 radical (unpaired) electrons. The Hall–Kier alpha value is -1.15. The van der Waals surface area contributed by atoms with Crippen LogP contribution in [0.2, 0.25) is 0 Å². The van der Waals surface area contributed by atoms with Crippen molar-refractivity contribution >= 4 is 12.1 Å². The van der Waals surface area contributed by atoms with Crippen molar-refractivity contribution in [1.29, 1.82) is 0 Å². The van der Waals surface area contributed by atoms with E-state index in [0.717, 1.165) is 6.21 Å². The second-order valence-electron chi connectivity index (χ2n) is 3.18. The van der Waals surface area contributed by atoms with Gasteiger partial charge in [-0.05, 0) is 27.7 Å². The first kappa shape index (κ1) is 10.8. The maximum atomic E-state index is 11.2. The molecule has 68 valence electrons. The summed E-state index contributed by atoms with van der Waals surface area (Å²) in [5.41, 5.74) is 8.17. The molecule has 0 aliphatic heterocycles. The van der Waals surface area contributed by atoms with Crippen LogP contribution in [-0.4, -0.2) is 33.9 Å².